The Kier molecular flexibility index (Phi) is 3.95. The summed E-state index contributed by atoms with van der Waals surface area (Å²) in [6, 6.07) is 1.17. The summed E-state index contributed by atoms with van der Waals surface area (Å²) in [5, 5.41) is 0. The van der Waals surface area contributed by atoms with Crippen molar-refractivity contribution in [3.8, 4) is 0 Å². The van der Waals surface area contributed by atoms with E-state index in [1.807, 2.05) is 14.2 Å². The van der Waals surface area contributed by atoms with Crippen LogP contribution in [0.4, 0.5) is 0 Å². The number of hydrogen-bond donors (Lipinski definition) is 0. The Morgan fingerprint density at radius 3 is 2.08 bits per heavy atom. The minimum absolute atomic E-state index is 0.760. The molecule has 1 saturated carbocycles. The summed E-state index contributed by atoms with van der Waals surface area (Å²) in [5.41, 5.74) is 0.779. The van der Waals surface area contributed by atoms with Gasteiger partial charge in [0.05, 0.1) is 0 Å². The molecule has 0 N–H and O–H groups in total. The van der Waals surface area contributed by atoms with Gasteiger partial charge in [-0.1, -0.05) is 13.8 Å². The van der Waals surface area contributed by atoms with Crippen LogP contribution in [0.5, 0.6) is 0 Å². The molecule has 2 nitrogen and oxygen atoms in total. The lowest BCUT2D eigenvalue weighted by molar-refractivity contribution is 0.236. The highest BCUT2D eigenvalue weighted by Gasteiger charge is 2.50. The summed E-state index contributed by atoms with van der Waals surface area (Å²) in [6.07, 6.45) is 3.89. The molecule has 0 radical (unpaired) electrons. The van der Waals surface area contributed by atoms with Crippen molar-refractivity contribution in [3.05, 3.63) is 0 Å². The van der Waals surface area contributed by atoms with E-state index < -0.39 is 8.56 Å². The molecule has 0 aromatic heterocycles. The van der Waals surface area contributed by atoms with E-state index in [1.165, 1.54) is 25.3 Å². The second-order valence-electron chi connectivity index (χ2n) is 4.43. The topological polar surface area (TPSA) is 18.5 Å². The molecule has 0 saturated heterocycles. The Hall–Kier alpha value is 0.137. The molecule has 0 spiro atoms. The molecule has 0 aromatic rings. The Bertz CT molecular complexity index is 151. The SMILES string of the molecule is CO[Si](CCC(C)C)(OC)C1CC1. The molecule has 0 bridgehead atoms. The first-order chi connectivity index (χ1) is 6.14. The van der Waals surface area contributed by atoms with E-state index in [1.54, 1.807) is 0 Å². The van der Waals surface area contributed by atoms with Crippen molar-refractivity contribution < 1.29 is 8.85 Å². The zero-order valence-electron chi connectivity index (χ0n) is 9.30. The van der Waals surface area contributed by atoms with Crippen molar-refractivity contribution in [1.82, 2.24) is 0 Å². The van der Waals surface area contributed by atoms with Gasteiger partial charge >= 0.3 is 8.56 Å². The van der Waals surface area contributed by atoms with E-state index >= 15 is 0 Å². The first-order valence-electron chi connectivity index (χ1n) is 5.25. The Balaban J connectivity index is 2.44. The van der Waals surface area contributed by atoms with Crippen molar-refractivity contribution in [1.29, 1.82) is 0 Å². The van der Waals surface area contributed by atoms with E-state index in [0.717, 1.165) is 11.5 Å². The zero-order chi connectivity index (χ0) is 9.90. The van der Waals surface area contributed by atoms with Crippen LogP contribution in [0.15, 0.2) is 0 Å². The van der Waals surface area contributed by atoms with Crippen LogP contribution >= 0.6 is 0 Å². The standard InChI is InChI=1S/C10H22O2Si/c1-9(2)7-8-13(11-3,12-4)10-5-6-10/h9-10H,5-8H2,1-4H3. The summed E-state index contributed by atoms with van der Waals surface area (Å²) in [4.78, 5) is 0. The van der Waals surface area contributed by atoms with Gasteiger partial charge in [-0.3, -0.25) is 0 Å². The summed E-state index contributed by atoms with van der Waals surface area (Å²) in [6.45, 7) is 4.52. The van der Waals surface area contributed by atoms with E-state index in [4.69, 9.17) is 8.85 Å². The lowest BCUT2D eigenvalue weighted by Crippen LogP contribution is -2.40. The summed E-state index contributed by atoms with van der Waals surface area (Å²) in [7, 11) is 1.88. The van der Waals surface area contributed by atoms with Crippen LogP contribution in [0.2, 0.25) is 11.6 Å². The smallest absolute Gasteiger partial charge is 0.340 e. The second-order valence-corrected chi connectivity index (χ2v) is 8.18. The maximum atomic E-state index is 5.68. The van der Waals surface area contributed by atoms with E-state index in [0.29, 0.717) is 0 Å². The highest BCUT2D eigenvalue weighted by Crippen LogP contribution is 2.48. The van der Waals surface area contributed by atoms with Crippen molar-refractivity contribution in [2.24, 2.45) is 5.92 Å². The van der Waals surface area contributed by atoms with E-state index in [2.05, 4.69) is 13.8 Å². The van der Waals surface area contributed by atoms with Gasteiger partial charge in [0.2, 0.25) is 0 Å². The summed E-state index contributed by atoms with van der Waals surface area (Å²) in [5.74, 6) is 0.760. The predicted molar refractivity (Wildman–Crippen MR) is 57.0 cm³/mol. The zero-order valence-corrected chi connectivity index (χ0v) is 10.3. The van der Waals surface area contributed by atoms with Crippen LogP contribution in [0.1, 0.15) is 33.1 Å². The van der Waals surface area contributed by atoms with Gasteiger partial charge in [-0.25, -0.2) is 0 Å². The molecule has 78 valence electrons. The average molecular weight is 202 g/mol. The molecule has 0 heterocycles. The summed E-state index contributed by atoms with van der Waals surface area (Å²) < 4.78 is 11.4. The third-order valence-electron chi connectivity index (χ3n) is 2.96. The third kappa shape index (κ3) is 2.79. The molecule has 1 fully saturated rings. The first-order valence-corrected chi connectivity index (χ1v) is 7.35. The van der Waals surface area contributed by atoms with E-state index in [-0.39, 0.29) is 0 Å². The van der Waals surface area contributed by atoms with Crippen LogP contribution in [-0.2, 0) is 8.85 Å². The lowest BCUT2D eigenvalue weighted by atomic mass is 10.2. The van der Waals surface area contributed by atoms with Crippen molar-refractivity contribution in [2.75, 3.05) is 14.2 Å². The Labute approximate surface area is 82.9 Å². The Morgan fingerprint density at radius 1 is 1.23 bits per heavy atom. The molecule has 3 heteroatoms. The molecule has 1 aliphatic carbocycles. The fraction of sp³-hybridized carbons (Fsp3) is 1.00. The highest BCUT2D eigenvalue weighted by molar-refractivity contribution is 6.69. The first kappa shape index (κ1) is 11.2. The van der Waals surface area contributed by atoms with Gasteiger partial charge in [0, 0.05) is 19.8 Å². The highest BCUT2D eigenvalue weighted by atomic mass is 28.4. The number of rotatable bonds is 6. The average Bonchev–Trinajstić information content (AvgIpc) is 2.91. The lowest BCUT2D eigenvalue weighted by Gasteiger charge is -2.28. The normalized spacial score (nSPS) is 18.2. The van der Waals surface area contributed by atoms with Gasteiger partial charge in [0.15, 0.2) is 0 Å². The molecule has 13 heavy (non-hydrogen) atoms. The monoisotopic (exact) mass is 202 g/mol. The van der Waals surface area contributed by atoms with Crippen molar-refractivity contribution in [2.45, 2.75) is 44.7 Å². The van der Waals surface area contributed by atoms with Gasteiger partial charge in [-0.2, -0.15) is 0 Å². The maximum Gasteiger partial charge on any atom is 0.340 e. The van der Waals surface area contributed by atoms with Crippen LogP contribution in [0.3, 0.4) is 0 Å². The third-order valence-corrected chi connectivity index (χ3v) is 7.15. The fourth-order valence-corrected chi connectivity index (χ4v) is 5.51. The van der Waals surface area contributed by atoms with Crippen LogP contribution in [0, 0.1) is 5.92 Å². The van der Waals surface area contributed by atoms with Gasteiger partial charge in [-0.05, 0) is 31.2 Å². The molecule has 1 rings (SSSR count). The van der Waals surface area contributed by atoms with Crippen LogP contribution in [-0.4, -0.2) is 22.8 Å². The van der Waals surface area contributed by atoms with Gasteiger partial charge in [0.25, 0.3) is 0 Å². The minimum atomic E-state index is -1.77. The van der Waals surface area contributed by atoms with Crippen molar-refractivity contribution in [3.63, 3.8) is 0 Å². The maximum absolute atomic E-state index is 5.68. The largest absolute Gasteiger partial charge is 0.397 e. The molecular formula is C10H22O2Si. The molecule has 0 aliphatic heterocycles. The molecule has 0 unspecified atom stereocenters. The molecule has 1 aliphatic rings. The molecule has 0 atom stereocenters. The number of hydrogen-bond acceptors (Lipinski definition) is 2. The predicted octanol–water partition coefficient (Wildman–Crippen LogP) is 2.93. The van der Waals surface area contributed by atoms with Gasteiger partial charge in [0.1, 0.15) is 0 Å². The molecular weight excluding hydrogens is 180 g/mol. The Morgan fingerprint density at radius 2 is 1.77 bits per heavy atom. The van der Waals surface area contributed by atoms with Gasteiger partial charge in [-0.15, -0.1) is 0 Å². The van der Waals surface area contributed by atoms with Crippen LogP contribution in [0.25, 0.3) is 0 Å². The van der Waals surface area contributed by atoms with Crippen LogP contribution < -0.4 is 0 Å². The second kappa shape index (κ2) is 4.58. The fourth-order valence-electron chi connectivity index (χ4n) is 1.84. The van der Waals surface area contributed by atoms with Gasteiger partial charge < -0.3 is 8.85 Å². The van der Waals surface area contributed by atoms with E-state index in [9.17, 15) is 0 Å². The molecule has 0 amide bonds. The quantitative estimate of drug-likeness (QED) is 0.617. The molecule has 0 aromatic carbocycles. The summed E-state index contributed by atoms with van der Waals surface area (Å²) >= 11 is 0. The minimum Gasteiger partial charge on any atom is -0.397 e. The van der Waals surface area contributed by atoms with Crippen molar-refractivity contribution >= 4 is 8.56 Å².